The molecule has 10 nitrogen and oxygen atoms in total. The van der Waals surface area contributed by atoms with Crippen molar-refractivity contribution < 1.29 is 49.6 Å². The van der Waals surface area contributed by atoms with Crippen LogP contribution >= 0.6 is 0 Å². The molecule has 1 fully saturated rings. The van der Waals surface area contributed by atoms with Crippen LogP contribution in [0.1, 0.15) is 99.5 Å². The SMILES string of the molecule is CCCCCCCc1cc(O)cc(OC(=O)c2c(CCCCCCC)cc(O)cc2O[C@@H]2O[C@@H](C(O)CO)[C@H](O)[C@H]2O)c1. The first-order chi connectivity index (χ1) is 20.7. The van der Waals surface area contributed by atoms with Crippen molar-refractivity contribution in [2.24, 2.45) is 0 Å². The van der Waals surface area contributed by atoms with Crippen molar-refractivity contribution in [2.75, 3.05) is 6.61 Å². The second-order valence-corrected chi connectivity index (χ2v) is 11.3. The van der Waals surface area contributed by atoms with Gasteiger partial charge >= 0.3 is 5.97 Å². The Morgan fingerprint density at radius 2 is 1.47 bits per heavy atom. The van der Waals surface area contributed by atoms with Gasteiger partial charge in [-0.25, -0.2) is 4.79 Å². The lowest BCUT2D eigenvalue weighted by molar-refractivity contribution is -0.137. The number of phenolic OH excluding ortho intramolecular Hbond substituents is 2. The summed E-state index contributed by atoms with van der Waals surface area (Å²) in [5, 5.41) is 61.0. The Morgan fingerprint density at radius 1 is 0.837 bits per heavy atom. The van der Waals surface area contributed by atoms with Gasteiger partial charge in [-0.05, 0) is 55.0 Å². The van der Waals surface area contributed by atoms with Crippen LogP contribution < -0.4 is 9.47 Å². The normalized spacial score (nSPS) is 20.7. The molecule has 1 aliphatic heterocycles. The maximum Gasteiger partial charge on any atom is 0.347 e. The number of carbonyl (C=O) groups is 1. The van der Waals surface area contributed by atoms with E-state index in [-0.39, 0.29) is 28.6 Å². The fourth-order valence-corrected chi connectivity index (χ4v) is 5.35. The first kappa shape index (κ1) is 34.6. The molecule has 0 saturated carbocycles. The monoisotopic (exact) mass is 604 g/mol. The van der Waals surface area contributed by atoms with Crippen LogP contribution in [-0.2, 0) is 17.6 Å². The highest BCUT2D eigenvalue weighted by atomic mass is 16.7. The zero-order valence-corrected chi connectivity index (χ0v) is 25.3. The number of aliphatic hydroxyl groups excluding tert-OH is 4. The van der Waals surface area contributed by atoms with Crippen LogP contribution in [-0.4, -0.2) is 73.9 Å². The highest BCUT2D eigenvalue weighted by Gasteiger charge is 2.47. The first-order valence-corrected chi connectivity index (χ1v) is 15.6. The lowest BCUT2D eigenvalue weighted by Crippen LogP contribution is -2.40. The molecule has 1 saturated heterocycles. The number of aryl methyl sites for hydroxylation is 2. The van der Waals surface area contributed by atoms with E-state index in [0.717, 1.165) is 69.8 Å². The number of hydrogen-bond donors (Lipinski definition) is 6. The highest BCUT2D eigenvalue weighted by molar-refractivity contribution is 5.96. The summed E-state index contributed by atoms with van der Waals surface area (Å²) in [6.45, 7) is 3.56. The van der Waals surface area contributed by atoms with Crippen LogP contribution in [0.4, 0.5) is 0 Å². The molecular weight excluding hydrogens is 556 g/mol. The van der Waals surface area contributed by atoms with E-state index in [2.05, 4.69) is 13.8 Å². The minimum absolute atomic E-state index is 0.00852. The Kier molecular flexibility index (Phi) is 14.0. The van der Waals surface area contributed by atoms with Gasteiger partial charge in [0, 0.05) is 12.1 Å². The summed E-state index contributed by atoms with van der Waals surface area (Å²) in [5.41, 5.74) is 1.31. The largest absolute Gasteiger partial charge is 0.508 e. The van der Waals surface area contributed by atoms with Gasteiger partial charge in [0.15, 0.2) is 0 Å². The number of unbranched alkanes of at least 4 members (excludes halogenated alkanes) is 8. The molecular formula is C33H48O10. The van der Waals surface area contributed by atoms with Crippen molar-refractivity contribution in [3.05, 3.63) is 47.0 Å². The molecule has 6 N–H and O–H groups in total. The lowest BCUT2D eigenvalue weighted by atomic mass is 9.99. The lowest BCUT2D eigenvalue weighted by Gasteiger charge is -2.21. The molecule has 2 aromatic carbocycles. The highest BCUT2D eigenvalue weighted by Crippen LogP contribution is 2.35. The number of ether oxygens (including phenoxy) is 3. The van der Waals surface area contributed by atoms with Crippen LogP contribution in [0.25, 0.3) is 0 Å². The van der Waals surface area contributed by atoms with Crippen molar-refractivity contribution in [3.63, 3.8) is 0 Å². The fourth-order valence-electron chi connectivity index (χ4n) is 5.35. The predicted molar refractivity (Wildman–Crippen MR) is 160 cm³/mol. The summed E-state index contributed by atoms with van der Waals surface area (Å²) < 4.78 is 17.1. The summed E-state index contributed by atoms with van der Waals surface area (Å²) in [6, 6.07) is 7.37. The second kappa shape index (κ2) is 17.4. The summed E-state index contributed by atoms with van der Waals surface area (Å²) >= 11 is 0. The van der Waals surface area contributed by atoms with Gasteiger partial charge in [0.05, 0.1) is 6.61 Å². The third-order valence-corrected chi connectivity index (χ3v) is 7.72. The first-order valence-electron chi connectivity index (χ1n) is 15.6. The van der Waals surface area contributed by atoms with Crippen LogP contribution in [0, 0.1) is 0 Å². The van der Waals surface area contributed by atoms with Crippen LogP contribution in [0.2, 0.25) is 0 Å². The molecule has 1 aliphatic rings. The minimum atomic E-state index is -1.61. The van der Waals surface area contributed by atoms with Gasteiger partial charge in [-0.1, -0.05) is 65.2 Å². The quantitative estimate of drug-likeness (QED) is 0.0809. The third kappa shape index (κ3) is 10.1. The molecule has 0 spiro atoms. The van der Waals surface area contributed by atoms with E-state index in [1.807, 2.05) is 0 Å². The van der Waals surface area contributed by atoms with Crippen LogP contribution in [0.15, 0.2) is 30.3 Å². The number of carbonyl (C=O) groups excluding carboxylic acids is 1. The maximum absolute atomic E-state index is 13.7. The van der Waals surface area contributed by atoms with Crippen molar-refractivity contribution in [2.45, 2.75) is 122 Å². The molecule has 43 heavy (non-hydrogen) atoms. The van der Waals surface area contributed by atoms with Crippen LogP contribution in [0.5, 0.6) is 23.0 Å². The van der Waals surface area contributed by atoms with E-state index in [9.17, 15) is 35.4 Å². The van der Waals surface area contributed by atoms with Crippen molar-refractivity contribution in [1.29, 1.82) is 0 Å². The summed E-state index contributed by atoms with van der Waals surface area (Å²) in [6.07, 6.45) is 3.97. The molecule has 0 amide bonds. The summed E-state index contributed by atoms with van der Waals surface area (Å²) in [7, 11) is 0. The fraction of sp³-hybridized carbons (Fsp3) is 0.606. The molecule has 1 unspecified atom stereocenters. The van der Waals surface area contributed by atoms with E-state index in [4.69, 9.17) is 14.2 Å². The number of phenols is 2. The average Bonchev–Trinajstić information content (AvgIpc) is 3.24. The maximum atomic E-state index is 13.7. The van der Waals surface area contributed by atoms with Crippen molar-refractivity contribution in [1.82, 2.24) is 0 Å². The Labute approximate surface area is 253 Å². The predicted octanol–water partition coefficient (Wildman–Crippen LogP) is 4.52. The van der Waals surface area contributed by atoms with E-state index in [1.165, 1.54) is 24.6 Å². The second-order valence-electron chi connectivity index (χ2n) is 11.3. The van der Waals surface area contributed by atoms with E-state index < -0.39 is 43.3 Å². The van der Waals surface area contributed by atoms with E-state index >= 15 is 0 Å². The molecule has 5 atom stereocenters. The molecule has 3 rings (SSSR count). The van der Waals surface area contributed by atoms with Crippen LogP contribution in [0.3, 0.4) is 0 Å². The number of hydrogen-bond acceptors (Lipinski definition) is 10. The van der Waals surface area contributed by atoms with Crippen molar-refractivity contribution in [3.8, 4) is 23.0 Å². The molecule has 0 aliphatic carbocycles. The summed E-state index contributed by atoms with van der Waals surface area (Å²) in [4.78, 5) is 13.7. The number of benzene rings is 2. The van der Waals surface area contributed by atoms with Gasteiger partial charge in [-0.15, -0.1) is 0 Å². The number of aliphatic hydroxyl groups is 4. The Morgan fingerprint density at radius 3 is 2.12 bits per heavy atom. The third-order valence-electron chi connectivity index (χ3n) is 7.72. The summed E-state index contributed by atoms with van der Waals surface area (Å²) in [5.74, 6) is -0.992. The average molecular weight is 605 g/mol. The molecule has 2 aromatic rings. The Bertz CT molecular complexity index is 1150. The Hall–Kier alpha value is -2.89. The minimum Gasteiger partial charge on any atom is -0.508 e. The molecule has 0 bridgehead atoms. The van der Waals surface area contributed by atoms with Gasteiger partial charge in [-0.3, -0.25) is 0 Å². The zero-order valence-electron chi connectivity index (χ0n) is 25.3. The van der Waals surface area contributed by atoms with Crippen molar-refractivity contribution >= 4 is 5.97 Å². The molecule has 240 valence electrons. The topological polar surface area (TPSA) is 166 Å². The molecule has 0 aromatic heterocycles. The van der Waals surface area contributed by atoms with Gasteiger partial charge in [0.2, 0.25) is 6.29 Å². The molecule has 10 heteroatoms. The van der Waals surface area contributed by atoms with E-state index in [1.54, 1.807) is 12.1 Å². The van der Waals surface area contributed by atoms with E-state index in [0.29, 0.717) is 12.0 Å². The van der Waals surface area contributed by atoms with Gasteiger partial charge < -0.3 is 44.8 Å². The smallest absolute Gasteiger partial charge is 0.347 e. The number of aromatic hydroxyl groups is 2. The molecule has 1 heterocycles. The number of rotatable bonds is 18. The van der Waals surface area contributed by atoms with Gasteiger partial charge in [0.25, 0.3) is 0 Å². The standard InChI is InChI=1S/C33H48O10/c1-3-5-7-9-11-13-21-15-23(35)18-25(16-21)41-32(40)28-22(14-12-10-8-6-4-2)17-24(36)19-27(28)42-33-30(39)29(38)31(43-33)26(37)20-34/h15-19,26,29-31,33-39H,3-14,20H2,1-2H3/t26?,29-,30-,31+,33-/m1/s1. The zero-order chi connectivity index (χ0) is 31.4. The number of esters is 1. The Balaban J connectivity index is 1.87. The molecule has 0 radical (unpaired) electrons. The van der Waals surface area contributed by atoms with Gasteiger partial charge in [0.1, 0.15) is 53.0 Å². The van der Waals surface area contributed by atoms with Gasteiger partial charge in [-0.2, -0.15) is 0 Å².